The van der Waals surface area contributed by atoms with Crippen molar-refractivity contribution in [1.29, 1.82) is 0 Å². The first-order valence-electron chi connectivity index (χ1n) is 6.11. The van der Waals surface area contributed by atoms with E-state index in [1.165, 1.54) is 38.6 Å². The first kappa shape index (κ1) is 13.9. The molecule has 0 saturated heterocycles. The summed E-state index contributed by atoms with van der Waals surface area (Å²) in [6.45, 7) is 6.93. The van der Waals surface area contributed by atoms with Gasteiger partial charge in [0.05, 0.1) is 0 Å². The fraction of sp³-hybridized carbons (Fsp3) is 1.00. The molecule has 0 aromatic heterocycles. The maximum atomic E-state index is 3.20. The molecule has 86 valence electrons. The Morgan fingerprint density at radius 1 is 1.14 bits per heavy atom. The van der Waals surface area contributed by atoms with E-state index >= 15 is 0 Å². The largest absolute Gasteiger partial charge is 0.320 e. The second-order valence-electron chi connectivity index (χ2n) is 4.17. The van der Waals surface area contributed by atoms with Crippen LogP contribution >= 0.6 is 0 Å². The predicted octanol–water partition coefficient (Wildman–Crippen LogP) is 2.50. The summed E-state index contributed by atoms with van der Waals surface area (Å²) < 4.78 is 0. The van der Waals surface area contributed by atoms with Crippen molar-refractivity contribution >= 4 is 0 Å². The van der Waals surface area contributed by atoms with E-state index < -0.39 is 0 Å². The predicted molar refractivity (Wildman–Crippen MR) is 64.8 cm³/mol. The third-order valence-electron chi connectivity index (χ3n) is 2.80. The maximum Gasteiger partial charge on any atom is 0.00920 e. The SMILES string of the molecule is CCCC(CCC)N(C)CCCNC. The highest BCUT2D eigenvalue weighted by molar-refractivity contribution is 4.68. The van der Waals surface area contributed by atoms with Gasteiger partial charge in [-0.05, 0) is 46.4 Å². The molecule has 0 rings (SSSR count). The minimum Gasteiger partial charge on any atom is -0.320 e. The lowest BCUT2D eigenvalue weighted by Crippen LogP contribution is -2.33. The fourth-order valence-electron chi connectivity index (χ4n) is 1.94. The molecule has 2 nitrogen and oxygen atoms in total. The van der Waals surface area contributed by atoms with Crippen LogP contribution in [-0.2, 0) is 0 Å². The van der Waals surface area contributed by atoms with Crippen molar-refractivity contribution in [2.45, 2.75) is 52.0 Å². The summed E-state index contributed by atoms with van der Waals surface area (Å²) in [6.07, 6.45) is 6.58. The minimum absolute atomic E-state index is 0.807. The normalized spacial score (nSPS) is 11.6. The van der Waals surface area contributed by atoms with Crippen molar-refractivity contribution in [3.8, 4) is 0 Å². The van der Waals surface area contributed by atoms with Gasteiger partial charge in [0.1, 0.15) is 0 Å². The molecule has 0 fully saturated rings. The lowest BCUT2D eigenvalue weighted by Gasteiger charge is -2.27. The summed E-state index contributed by atoms with van der Waals surface area (Å²) >= 11 is 0. The Morgan fingerprint density at radius 3 is 2.14 bits per heavy atom. The summed E-state index contributed by atoms with van der Waals surface area (Å²) in [6, 6.07) is 0.807. The second kappa shape index (κ2) is 9.47. The highest BCUT2D eigenvalue weighted by Crippen LogP contribution is 2.11. The Hall–Kier alpha value is -0.0800. The first-order valence-corrected chi connectivity index (χ1v) is 6.11. The smallest absolute Gasteiger partial charge is 0.00920 e. The van der Waals surface area contributed by atoms with Gasteiger partial charge < -0.3 is 10.2 Å². The third kappa shape index (κ3) is 6.39. The molecule has 0 saturated carbocycles. The third-order valence-corrected chi connectivity index (χ3v) is 2.80. The molecule has 0 unspecified atom stereocenters. The number of nitrogens with zero attached hydrogens (tertiary/aromatic N) is 1. The number of hydrogen-bond acceptors (Lipinski definition) is 2. The highest BCUT2D eigenvalue weighted by atomic mass is 15.1. The summed E-state index contributed by atoms with van der Waals surface area (Å²) in [7, 11) is 4.29. The molecule has 14 heavy (non-hydrogen) atoms. The molecule has 0 amide bonds. The maximum absolute atomic E-state index is 3.20. The Morgan fingerprint density at radius 2 is 1.71 bits per heavy atom. The summed E-state index contributed by atoms with van der Waals surface area (Å²) in [5.41, 5.74) is 0. The van der Waals surface area contributed by atoms with Crippen LogP contribution in [0.2, 0.25) is 0 Å². The van der Waals surface area contributed by atoms with Crippen LogP contribution in [0, 0.1) is 0 Å². The monoisotopic (exact) mass is 200 g/mol. The van der Waals surface area contributed by atoms with Crippen LogP contribution in [0.25, 0.3) is 0 Å². The van der Waals surface area contributed by atoms with Crippen molar-refractivity contribution in [3.05, 3.63) is 0 Å². The van der Waals surface area contributed by atoms with Crippen LogP contribution in [0.3, 0.4) is 0 Å². The zero-order valence-electron chi connectivity index (χ0n) is 10.5. The van der Waals surface area contributed by atoms with Gasteiger partial charge in [0.2, 0.25) is 0 Å². The molecule has 0 bridgehead atoms. The molecular weight excluding hydrogens is 172 g/mol. The Labute approximate surface area is 90.1 Å². The van der Waals surface area contributed by atoms with E-state index in [1.54, 1.807) is 0 Å². The molecule has 0 atom stereocenters. The average molecular weight is 200 g/mol. The molecule has 0 radical (unpaired) electrons. The van der Waals surface area contributed by atoms with E-state index in [1.807, 2.05) is 7.05 Å². The molecule has 0 aromatic carbocycles. The summed E-state index contributed by atoms with van der Waals surface area (Å²) in [4.78, 5) is 2.53. The van der Waals surface area contributed by atoms with Gasteiger partial charge in [-0.3, -0.25) is 0 Å². The van der Waals surface area contributed by atoms with Crippen molar-refractivity contribution < 1.29 is 0 Å². The number of hydrogen-bond donors (Lipinski definition) is 1. The lowest BCUT2D eigenvalue weighted by molar-refractivity contribution is 0.214. The molecule has 1 N–H and O–H groups in total. The molecule has 0 aliphatic carbocycles. The van der Waals surface area contributed by atoms with E-state index in [0.29, 0.717) is 0 Å². The van der Waals surface area contributed by atoms with Gasteiger partial charge >= 0.3 is 0 Å². The van der Waals surface area contributed by atoms with Gasteiger partial charge in [-0.15, -0.1) is 0 Å². The average Bonchev–Trinajstić information content (AvgIpc) is 2.18. The Balaban J connectivity index is 3.69. The highest BCUT2D eigenvalue weighted by Gasteiger charge is 2.11. The molecular formula is C12H28N2. The Kier molecular flexibility index (Phi) is 9.42. The number of nitrogens with one attached hydrogen (secondary N) is 1. The van der Waals surface area contributed by atoms with Crippen LogP contribution in [0.4, 0.5) is 0 Å². The second-order valence-corrected chi connectivity index (χ2v) is 4.17. The summed E-state index contributed by atoms with van der Waals surface area (Å²) in [5.74, 6) is 0. The quantitative estimate of drug-likeness (QED) is 0.575. The van der Waals surface area contributed by atoms with Crippen LogP contribution in [0.15, 0.2) is 0 Å². The van der Waals surface area contributed by atoms with E-state index in [2.05, 4.69) is 31.1 Å². The van der Waals surface area contributed by atoms with Crippen LogP contribution in [0.5, 0.6) is 0 Å². The van der Waals surface area contributed by atoms with Gasteiger partial charge in [0, 0.05) is 6.04 Å². The van der Waals surface area contributed by atoms with Crippen LogP contribution < -0.4 is 5.32 Å². The van der Waals surface area contributed by atoms with E-state index in [0.717, 1.165) is 12.6 Å². The zero-order valence-corrected chi connectivity index (χ0v) is 10.5. The van der Waals surface area contributed by atoms with E-state index in [-0.39, 0.29) is 0 Å². The molecule has 2 heteroatoms. The molecule has 0 heterocycles. The Bertz CT molecular complexity index is 109. The van der Waals surface area contributed by atoms with Crippen molar-refractivity contribution in [1.82, 2.24) is 10.2 Å². The minimum atomic E-state index is 0.807. The van der Waals surface area contributed by atoms with Crippen molar-refractivity contribution in [3.63, 3.8) is 0 Å². The van der Waals surface area contributed by atoms with E-state index in [4.69, 9.17) is 0 Å². The van der Waals surface area contributed by atoms with Crippen molar-refractivity contribution in [2.24, 2.45) is 0 Å². The molecule has 0 aliphatic heterocycles. The van der Waals surface area contributed by atoms with Gasteiger partial charge in [-0.25, -0.2) is 0 Å². The van der Waals surface area contributed by atoms with Gasteiger partial charge in [-0.2, -0.15) is 0 Å². The van der Waals surface area contributed by atoms with Crippen LogP contribution in [-0.4, -0.2) is 38.1 Å². The van der Waals surface area contributed by atoms with E-state index in [9.17, 15) is 0 Å². The first-order chi connectivity index (χ1) is 6.76. The van der Waals surface area contributed by atoms with Gasteiger partial charge in [-0.1, -0.05) is 26.7 Å². The lowest BCUT2D eigenvalue weighted by atomic mass is 10.1. The summed E-state index contributed by atoms with van der Waals surface area (Å²) in [5, 5.41) is 3.20. The molecule has 0 aliphatic rings. The van der Waals surface area contributed by atoms with Gasteiger partial charge in [0.15, 0.2) is 0 Å². The van der Waals surface area contributed by atoms with Gasteiger partial charge in [0.25, 0.3) is 0 Å². The molecule has 0 spiro atoms. The standard InChI is InChI=1S/C12H28N2/c1-5-8-12(9-6-2)14(4)11-7-10-13-3/h12-13H,5-11H2,1-4H3. The zero-order chi connectivity index (χ0) is 10.8. The molecule has 0 aromatic rings. The van der Waals surface area contributed by atoms with Crippen LogP contribution in [0.1, 0.15) is 46.0 Å². The topological polar surface area (TPSA) is 15.3 Å². The fourth-order valence-corrected chi connectivity index (χ4v) is 1.94. The number of rotatable bonds is 9. The van der Waals surface area contributed by atoms with Crippen molar-refractivity contribution in [2.75, 3.05) is 27.2 Å².